The van der Waals surface area contributed by atoms with Gasteiger partial charge in [-0.1, -0.05) is 0 Å². The number of hydrogen-bond donors (Lipinski definition) is 1. The quantitative estimate of drug-likeness (QED) is 0.824. The van der Waals surface area contributed by atoms with E-state index in [-0.39, 0.29) is 6.54 Å². The van der Waals surface area contributed by atoms with Crippen molar-refractivity contribution in [3.63, 3.8) is 0 Å². The SMILES string of the molecule is CC1C(C(=O)O)CCN1CC(C#N)C(F)(F)F. The van der Waals surface area contributed by atoms with Crippen molar-refractivity contribution < 1.29 is 23.1 Å². The number of carboxylic acid groups (broad SMARTS) is 1. The summed E-state index contributed by atoms with van der Waals surface area (Å²) >= 11 is 0. The van der Waals surface area contributed by atoms with E-state index >= 15 is 0 Å². The van der Waals surface area contributed by atoms with Gasteiger partial charge in [-0.25, -0.2) is 0 Å². The summed E-state index contributed by atoms with van der Waals surface area (Å²) in [5.74, 6) is -3.71. The minimum atomic E-state index is -4.56. The summed E-state index contributed by atoms with van der Waals surface area (Å²) < 4.78 is 37.2. The fourth-order valence-electron chi connectivity index (χ4n) is 2.04. The Bertz CT molecular complexity index is 337. The number of carboxylic acids is 1. The molecule has 1 saturated heterocycles. The normalized spacial score (nSPS) is 27.7. The summed E-state index contributed by atoms with van der Waals surface area (Å²) in [5, 5.41) is 17.3. The summed E-state index contributed by atoms with van der Waals surface area (Å²) in [7, 11) is 0. The van der Waals surface area contributed by atoms with Crippen molar-refractivity contribution in [2.75, 3.05) is 13.1 Å². The van der Waals surface area contributed by atoms with Crippen LogP contribution in [0.25, 0.3) is 0 Å². The second-order valence-electron chi connectivity index (χ2n) is 4.19. The maximum absolute atomic E-state index is 12.4. The first-order valence-corrected chi connectivity index (χ1v) is 5.20. The molecule has 3 atom stereocenters. The molecule has 1 N–H and O–H groups in total. The zero-order valence-electron chi connectivity index (χ0n) is 9.24. The molecule has 17 heavy (non-hydrogen) atoms. The number of likely N-dealkylation sites (tertiary alicyclic amines) is 1. The Morgan fingerprint density at radius 2 is 2.24 bits per heavy atom. The molecule has 0 spiro atoms. The molecule has 0 aliphatic carbocycles. The van der Waals surface area contributed by atoms with Crippen LogP contribution in [0.5, 0.6) is 0 Å². The standard InChI is InChI=1S/C10H13F3N2O2/c1-6-8(9(16)17)2-3-15(6)5-7(4-14)10(11,12)13/h6-8H,2-3,5H2,1H3,(H,16,17). The Kier molecular flexibility index (Phi) is 3.98. The Hall–Kier alpha value is -1.29. The van der Waals surface area contributed by atoms with Crippen molar-refractivity contribution in [1.82, 2.24) is 4.90 Å². The molecular weight excluding hydrogens is 237 g/mol. The monoisotopic (exact) mass is 250 g/mol. The van der Waals surface area contributed by atoms with Crippen LogP contribution in [-0.4, -0.2) is 41.3 Å². The Morgan fingerprint density at radius 3 is 2.59 bits per heavy atom. The van der Waals surface area contributed by atoms with E-state index in [4.69, 9.17) is 10.4 Å². The highest BCUT2D eigenvalue weighted by molar-refractivity contribution is 5.71. The predicted molar refractivity (Wildman–Crippen MR) is 51.9 cm³/mol. The molecule has 0 aromatic carbocycles. The lowest BCUT2D eigenvalue weighted by Crippen LogP contribution is -2.40. The largest absolute Gasteiger partial charge is 0.481 e. The number of carbonyl (C=O) groups is 1. The van der Waals surface area contributed by atoms with Gasteiger partial charge in [-0.05, 0) is 19.9 Å². The van der Waals surface area contributed by atoms with Gasteiger partial charge in [-0.3, -0.25) is 9.69 Å². The lowest BCUT2D eigenvalue weighted by Gasteiger charge is -2.25. The van der Waals surface area contributed by atoms with Crippen LogP contribution >= 0.6 is 0 Å². The number of aliphatic carboxylic acids is 1. The Balaban J connectivity index is 2.66. The molecule has 1 aliphatic rings. The molecule has 0 aromatic heterocycles. The fraction of sp³-hybridized carbons (Fsp3) is 0.800. The minimum Gasteiger partial charge on any atom is -0.481 e. The highest BCUT2D eigenvalue weighted by Gasteiger charge is 2.44. The highest BCUT2D eigenvalue weighted by Crippen LogP contribution is 2.30. The van der Waals surface area contributed by atoms with Gasteiger partial charge in [0, 0.05) is 12.6 Å². The van der Waals surface area contributed by atoms with Crippen molar-refractivity contribution in [3.05, 3.63) is 0 Å². The second-order valence-corrected chi connectivity index (χ2v) is 4.19. The summed E-state index contributed by atoms with van der Waals surface area (Å²) in [6.07, 6.45) is -4.23. The maximum atomic E-state index is 12.4. The van der Waals surface area contributed by atoms with E-state index < -0.39 is 36.6 Å². The molecule has 96 valence electrons. The minimum absolute atomic E-state index is 0.284. The van der Waals surface area contributed by atoms with Gasteiger partial charge < -0.3 is 5.11 Å². The second kappa shape index (κ2) is 4.92. The van der Waals surface area contributed by atoms with Gasteiger partial charge in [0.15, 0.2) is 5.92 Å². The van der Waals surface area contributed by atoms with Crippen molar-refractivity contribution in [1.29, 1.82) is 5.26 Å². The zero-order valence-corrected chi connectivity index (χ0v) is 9.24. The molecule has 0 saturated carbocycles. The molecule has 0 bridgehead atoms. The summed E-state index contributed by atoms with van der Waals surface area (Å²) in [6, 6.07) is 0.752. The van der Waals surface area contributed by atoms with Crippen molar-refractivity contribution >= 4 is 5.97 Å². The zero-order chi connectivity index (χ0) is 13.2. The van der Waals surface area contributed by atoms with Gasteiger partial charge in [-0.2, -0.15) is 18.4 Å². The van der Waals surface area contributed by atoms with Crippen molar-refractivity contribution in [2.24, 2.45) is 11.8 Å². The van der Waals surface area contributed by atoms with Gasteiger partial charge >= 0.3 is 12.1 Å². The third-order valence-electron chi connectivity index (χ3n) is 3.17. The molecule has 0 radical (unpaired) electrons. The van der Waals surface area contributed by atoms with E-state index in [1.807, 2.05) is 0 Å². The predicted octanol–water partition coefficient (Wildman–Crippen LogP) is 1.48. The molecule has 3 unspecified atom stereocenters. The highest BCUT2D eigenvalue weighted by atomic mass is 19.4. The lowest BCUT2D eigenvalue weighted by atomic mass is 10.0. The van der Waals surface area contributed by atoms with E-state index in [0.717, 1.165) is 0 Å². The molecule has 1 fully saturated rings. The third-order valence-corrected chi connectivity index (χ3v) is 3.17. The van der Waals surface area contributed by atoms with E-state index in [0.29, 0.717) is 6.42 Å². The summed E-state index contributed by atoms with van der Waals surface area (Å²) in [6.45, 7) is 1.41. The lowest BCUT2D eigenvalue weighted by molar-refractivity contribution is -0.163. The van der Waals surface area contributed by atoms with Crippen LogP contribution < -0.4 is 0 Å². The van der Waals surface area contributed by atoms with E-state index in [2.05, 4.69) is 0 Å². The van der Waals surface area contributed by atoms with Crippen LogP contribution in [0.1, 0.15) is 13.3 Å². The molecule has 1 aliphatic heterocycles. The Labute approximate surface area is 96.6 Å². The van der Waals surface area contributed by atoms with Gasteiger partial charge in [0.2, 0.25) is 0 Å². The number of alkyl halides is 3. The van der Waals surface area contributed by atoms with Crippen LogP contribution in [-0.2, 0) is 4.79 Å². The first kappa shape index (κ1) is 13.8. The molecule has 7 heteroatoms. The summed E-state index contributed by atoms with van der Waals surface area (Å²) in [4.78, 5) is 12.2. The molecule has 4 nitrogen and oxygen atoms in total. The topological polar surface area (TPSA) is 64.3 Å². The average Bonchev–Trinajstić information content (AvgIpc) is 2.54. The molecule has 1 rings (SSSR count). The first-order valence-electron chi connectivity index (χ1n) is 5.20. The molecule has 1 heterocycles. The van der Waals surface area contributed by atoms with Gasteiger partial charge in [0.25, 0.3) is 0 Å². The van der Waals surface area contributed by atoms with Crippen molar-refractivity contribution in [3.8, 4) is 6.07 Å². The van der Waals surface area contributed by atoms with E-state index in [9.17, 15) is 18.0 Å². The summed E-state index contributed by atoms with van der Waals surface area (Å²) in [5.41, 5.74) is 0. The van der Waals surface area contributed by atoms with E-state index in [1.54, 1.807) is 6.92 Å². The van der Waals surface area contributed by atoms with Gasteiger partial charge in [-0.15, -0.1) is 0 Å². The van der Waals surface area contributed by atoms with Crippen LogP contribution in [0, 0.1) is 23.2 Å². The number of halogens is 3. The van der Waals surface area contributed by atoms with Crippen LogP contribution in [0.4, 0.5) is 13.2 Å². The molecule has 0 amide bonds. The van der Waals surface area contributed by atoms with Crippen molar-refractivity contribution in [2.45, 2.75) is 25.6 Å². The molecular formula is C10H13F3N2O2. The van der Waals surface area contributed by atoms with Gasteiger partial charge in [0.05, 0.1) is 12.0 Å². The number of nitrogens with zero attached hydrogens (tertiary/aromatic N) is 2. The Morgan fingerprint density at radius 1 is 1.65 bits per heavy atom. The number of hydrogen-bond acceptors (Lipinski definition) is 3. The third kappa shape index (κ3) is 3.09. The number of nitriles is 1. The maximum Gasteiger partial charge on any atom is 0.405 e. The van der Waals surface area contributed by atoms with E-state index in [1.165, 1.54) is 11.0 Å². The number of rotatable bonds is 3. The fourth-order valence-corrected chi connectivity index (χ4v) is 2.04. The first-order chi connectivity index (χ1) is 7.77. The van der Waals surface area contributed by atoms with Crippen LogP contribution in [0.2, 0.25) is 0 Å². The molecule has 0 aromatic rings. The van der Waals surface area contributed by atoms with Crippen LogP contribution in [0.15, 0.2) is 0 Å². The van der Waals surface area contributed by atoms with Gasteiger partial charge in [0.1, 0.15) is 0 Å². The smallest absolute Gasteiger partial charge is 0.405 e. The average molecular weight is 250 g/mol. The van der Waals surface area contributed by atoms with Crippen LogP contribution in [0.3, 0.4) is 0 Å².